The van der Waals surface area contributed by atoms with Crippen molar-refractivity contribution in [1.82, 2.24) is 4.98 Å². The highest BCUT2D eigenvalue weighted by Crippen LogP contribution is 2.56. The van der Waals surface area contributed by atoms with Gasteiger partial charge in [0.05, 0.1) is 18.2 Å². The summed E-state index contributed by atoms with van der Waals surface area (Å²) in [5, 5.41) is 0.994. The van der Waals surface area contributed by atoms with Crippen molar-refractivity contribution >= 4 is 22.4 Å². The zero-order valence-electron chi connectivity index (χ0n) is 12.8. The summed E-state index contributed by atoms with van der Waals surface area (Å²) in [5.41, 5.74) is 4.74. The fraction of sp³-hybridized carbons (Fsp3) is 0.368. The molecule has 1 fully saturated rings. The second-order valence-electron chi connectivity index (χ2n) is 6.53. The minimum atomic E-state index is -0.340. The number of methoxy groups -OCH3 is 1. The fourth-order valence-corrected chi connectivity index (χ4v) is 3.47. The lowest BCUT2D eigenvalue weighted by molar-refractivity contribution is 0.0600. The van der Waals surface area contributed by atoms with E-state index in [9.17, 15) is 4.79 Å². The Morgan fingerprint density at radius 3 is 2.82 bits per heavy atom. The monoisotopic (exact) mass is 293 g/mol. The molecule has 112 valence electrons. The third-order valence-electron chi connectivity index (χ3n) is 5.14. The average molecular weight is 293 g/mol. The van der Waals surface area contributed by atoms with E-state index in [1.165, 1.54) is 43.9 Å². The number of carbonyl (C=O) groups is 1. The first-order valence-electron chi connectivity index (χ1n) is 7.87. The van der Waals surface area contributed by atoms with Crippen molar-refractivity contribution in [3.63, 3.8) is 0 Å². The number of rotatable bonds is 2. The normalized spacial score (nSPS) is 19.0. The standard InChI is InChI=1S/C19H19NO2/c1-22-18(21)15-11-14-3-2-4-16(17(14)20-12-15)13-5-7-19(8-6-13)9-10-19/h2-5,11-12H,6-10H2,1H3. The van der Waals surface area contributed by atoms with Gasteiger partial charge in [-0.2, -0.15) is 0 Å². The van der Waals surface area contributed by atoms with Gasteiger partial charge in [-0.05, 0) is 49.2 Å². The molecule has 1 aromatic carbocycles. The molecule has 0 bridgehead atoms. The Bertz CT molecular complexity index is 787. The molecule has 0 saturated heterocycles. The van der Waals surface area contributed by atoms with Crippen molar-refractivity contribution < 1.29 is 9.53 Å². The number of hydrogen-bond acceptors (Lipinski definition) is 3. The number of nitrogens with zero attached hydrogens (tertiary/aromatic N) is 1. The van der Waals surface area contributed by atoms with E-state index in [1.807, 2.05) is 18.2 Å². The van der Waals surface area contributed by atoms with Crippen molar-refractivity contribution in [1.29, 1.82) is 0 Å². The minimum absolute atomic E-state index is 0.340. The van der Waals surface area contributed by atoms with Crippen LogP contribution in [0.1, 0.15) is 48.0 Å². The van der Waals surface area contributed by atoms with E-state index < -0.39 is 0 Å². The lowest BCUT2D eigenvalue weighted by atomic mass is 9.84. The molecule has 0 amide bonds. The Morgan fingerprint density at radius 1 is 1.27 bits per heavy atom. The summed E-state index contributed by atoms with van der Waals surface area (Å²) >= 11 is 0. The molecule has 0 N–H and O–H groups in total. The lowest BCUT2D eigenvalue weighted by Crippen LogP contribution is -2.06. The molecule has 2 aromatic rings. The Morgan fingerprint density at radius 2 is 2.14 bits per heavy atom. The number of benzene rings is 1. The smallest absolute Gasteiger partial charge is 0.339 e. The van der Waals surface area contributed by atoms with Crippen molar-refractivity contribution in [3.8, 4) is 0 Å². The summed E-state index contributed by atoms with van der Waals surface area (Å²) in [4.78, 5) is 16.2. The lowest BCUT2D eigenvalue weighted by Gasteiger charge is -2.21. The van der Waals surface area contributed by atoms with Crippen molar-refractivity contribution in [2.75, 3.05) is 7.11 Å². The molecule has 2 aliphatic carbocycles. The van der Waals surface area contributed by atoms with Crippen LogP contribution in [0.3, 0.4) is 0 Å². The second-order valence-corrected chi connectivity index (χ2v) is 6.53. The first-order chi connectivity index (χ1) is 10.7. The SMILES string of the molecule is COC(=O)c1cnc2c(C3=CCC4(CC3)CC4)cccc2c1. The van der Waals surface area contributed by atoms with Gasteiger partial charge in [0, 0.05) is 17.1 Å². The molecular formula is C19H19NO2. The number of ether oxygens (including phenoxy) is 1. The number of aromatic nitrogens is 1. The first-order valence-corrected chi connectivity index (χ1v) is 7.87. The van der Waals surface area contributed by atoms with Crippen LogP contribution < -0.4 is 0 Å². The van der Waals surface area contributed by atoms with Gasteiger partial charge in [0.25, 0.3) is 0 Å². The summed E-state index contributed by atoms with van der Waals surface area (Å²) in [6, 6.07) is 8.06. The molecule has 22 heavy (non-hydrogen) atoms. The van der Waals surface area contributed by atoms with Gasteiger partial charge >= 0.3 is 5.97 Å². The maximum Gasteiger partial charge on any atom is 0.339 e. The highest BCUT2D eigenvalue weighted by atomic mass is 16.5. The quantitative estimate of drug-likeness (QED) is 0.772. The molecule has 1 heterocycles. The zero-order chi connectivity index (χ0) is 15.2. The van der Waals surface area contributed by atoms with Gasteiger partial charge in [0.15, 0.2) is 0 Å². The number of allylic oxidation sites excluding steroid dienone is 2. The van der Waals surface area contributed by atoms with Gasteiger partial charge in [-0.25, -0.2) is 4.79 Å². The molecule has 3 nitrogen and oxygen atoms in total. The molecule has 0 aliphatic heterocycles. The van der Waals surface area contributed by atoms with Gasteiger partial charge in [-0.3, -0.25) is 4.98 Å². The topological polar surface area (TPSA) is 39.2 Å². The Kier molecular flexibility index (Phi) is 3.03. The second kappa shape index (κ2) is 4.94. The van der Waals surface area contributed by atoms with Crippen molar-refractivity contribution in [2.45, 2.75) is 32.1 Å². The summed E-state index contributed by atoms with van der Waals surface area (Å²) in [7, 11) is 1.39. The molecule has 0 atom stereocenters. The van der Waals surface area contributed by atoms with Gasteiger partial charge in [-0.15, -0.1) is 0 Å². The minimum Gasteiger partial charge on any atom is -0.465 e. The fourth-order valence-electron chi connectivity index (χ4n) is 3.47. The molecule has 0 radical (unpaired) electrons. The number of hydrogen-bond donors (Lipinski definition) is 0. The maximum absolute atomic E-state index is 11.6. The van der Waals surface area contributed by atoms with Crippen molar-refractivity contribution in [2.24, 2.45) is 5.41 Å². The van der Waals surface area contributed by atoms with Crippen LogP contribution in [0.2, 0.25) is 0 Å². The summed E-state index contributed by atoms with van der Waals surface area (Å²) in [6.45, 7) is 0. The van der Waals surface area contributed by atoms with E-state index in [1.54, 1.807) is 6.20 Å². The Balaban J connectivity index is 1.75. The van der Waals surface area contributed by atoms with Crippen LogP contribution in [0.15, 0.2) is 36.5 Å². The highest BCUT2D eigenvalue weighted by molar-refractivity contribution is 5.97. The van der Waals surface area contributed by atoms with E-state index in [-0.39, 0.29) is 5.97 Å². The molecular weight excluding hydrogens is 274 g/mol. The van der Waals surface area contributed by atoms with Gasteiger partial charge in [0.2, 0.25) is 0 Å². The van der Waals surface area contributed by atoms with E-state index in [2.05, 4.69) is 17.1 Å². The molecule has 1 aromatic heterocycles. The van der Waals surface area contributed by atoms with E-state index >= 15 is 0 Å². The predicted molar refractivity (Wildman–Crippen MR) is 86.6 cm³/mol. The Hall–Kier alpha value is -2.16. The predicted octanol–water partition coefficient (Wildman–Crippen LogP) is 4.37. The van der Waals surface area contributed by atoms with Crippen LogP contribution in [0.5, 0.6) is 0 Å². The summed E-state index contributed by atoms with van der Waals surface area (Å²) in [6.07, 6.45) is 10.5. The number of fused-ring (bicyclic) bond motifs is 1. The first kappa shape index (κ1) is 13.5. The molecule has 1 saturated carbocycles. The van der Waals surface area contributed by atoms with Crippen molar-refractivity contribution in [3.05, 3.63) is 47.7 Å². The van der Waals surface area contributed by atoms with E-state index in [0.29, 0.717) is 11.0 Å². The number of carbonyl (C=O) groups excluding carboxylic acids is 1. The van der Waals surface area contributed by atoms with Gasteiger partial charge in [-0.1, -0.05) is 24.3 Å². The molecule has 0 unspecified atom stereocenters. The largest absolute Gasteiger partial charge is 0.465 e. The number of esters is 1. The van der Waals surface area contributed by atoms with Gasteiger partial charge in [0.1, 0.15) is 0 Å². The van der Waals surface area contributed by atoms with Crippen LogP contribution in [0.25, 0.3) is 16.5 Å². The molecule has 2 aliphatic rings. The van der Waals surface area contributed by atoms with Crippen LogP contribution in [-0.2, 0) is 4.74 Å². The highest BCUT2D eigenvalue weighted by Gasteiger charge is 2.42. The zero-order valence-corrected chi connectivity index (χ0v) is 12.8. The molecule has 1 spiro atoms. The van der Waals surface area contributed by atoms with Gasteiger partial charge < -0.3 is 4.74 Å². The maximum atomic E-state index is 11.6. The van der Waals surface area contributed by atoms with Crippen LogP contribution in [-0.4, -0.2) is 18.1 Å². The number of pyridine rings is 1. The summed E-state index contributed by atoms with van der Waals surface area (Å²) in [5.74, 6) is -0.340. The average Bonchev–Trinajstić information content (AvgIpc) is 3.33. The van der Waals surface area contributed by atoms with Crippen LogP contribution in [0, 0.1) is 5.41 Å². The van der Waals surface area contributed by atoms with E-state index in [4.69, 9.17) is 4.74 Å². The molecule has 4 rings (SSSR count). The third-order valence-corrected chi connectivity index (χ3v) is 5.14. The molecule has 3 heteroatoms. The van der Waals surface area contributed by atoms with E-state index in [0.717, 1.165) is 17.3 Å². The summed E-state index contributed by atoms with van der Waals surface area (Å²) < 4.78 is 4.77. The van der Waals surface area contributed by atoms with Crippen LogP contribution >= 0.6 is 0 Å². The Labute approximate surface area is 130 Å². The third kappa shape index (κ3) is 2.21. The van der Waals surface area contributed by atoms with Crippen LogP contribution in [0.4, 0.5) is 0 Å². The number of para-hydroxylation sites is 1.